The second-order valence-corrected chi connectivity index (χ2v) is 11.9. The number of aromatic nitrogens is 1. The highest BCUT2D eigenvalue weighted by Gasteiger charge is 2.40. The number of hydrogen-bond acceptors (Lipinski definition) is 7. The third-order valence-electron chi connectivity index (χ3n) is 7.23. The molecule has 2 saturated heterocycles. The maximum absolute atomic E-state index is 13.2. The second-order valence-electron chi connectivity index (χ2n) is 10.0. The molecule has 2 aliphatic rings. The summed E-state index contributed by atoms with van der Waals surface area (Å²) in [6.07, 6.45) is 2.43. The standard InChI is InChI=1S/C27H35N5O6S/c1-20-7-9-22(10-8-20)39(37,38)32-14-4-6-24(32)26(34)29-23(27(35)36)11-12-25(33)31-17-15-30(16-18-31)19-21-5-2-3-13-28-21/h2-3,5,7-10,13,23-24H,4,6,11-12,14-19H2,1H3,(H,29,34)(H,35,36)/t23-,24-/m0/s1. The summed E-state index contributed by atoms with van der Waals surface area (Å²) in [5.41, 5.74) is 1.87. The Morgan fingerprint density at radius 1 is 1.05 bits per heavy atom. The van der Waals surface area contributed by atoms with E-state index in [9.17, 15) is 27.9 Å². The van der Waals surface area contributed by atoms with Gasteiger partial charge in [0.1, 0.15) is 12.1 Å². The van der Waals surface area contributed by atoms with Crippen LogP contribution in [-0.2, 0) is 31.0 Å². The van der Waals surface area contributed by atoms with Gasteiger partial charge in [-0.1, -0.05) is 23.8 Å². The van der Waals surface area contributed by atoms with Crippen molar-refractivity contribution >= 4 is 27.8 Å². The number of rotatable bonds is 10. The average molecular weight is 558 g/mol. The molecule has 2 atom stereocenters. The van der Waals surface area contributed by atoms with Gasteiger partial charge >= 0.3 is 5.97 Å². The van der Waals surface area contributed by atoms with Crippen LogP contribution in [0, 0.1) is 6.92 Å². The quantitative estimate of drug-likeness (QED) is 0.445. The van der Waals surface area contributed by atoms with Crippen LogP contribution in [0.2, 0.25) is 0 Å². The van der Waals surface area contributed by atoms with Crippen molar-refractivity contribution in [2.24, 2.45) is 0 Å². The first-order valence-electron chi connectivity index (χ1n) is 13.2. The normalized spacial score (nSPS) is 19.5. The van der Waals surface area contributed by atoms with Gasteiger partial charge in [0, 0.05) is 51.9 Å². The zero-order chi connectivity index (χ0) is 28.0. The molecular weight excluding hydrogens is 522 g/mol. The maximum atomic E-state index is 13.2. The Morgan fingerprint density at radius 3 is 2.41 bits per heavy atom. The smallest absolute Gasteiger partial charge is 0.326 e. The van der Waals surface area contributed by atoms with E-state index in [4.69, 9.17) is 0 Å². The molecule has 0 aliphatic carbocycles. The molecule has 2 aromatic rings. The van der Waals surface area contributed by atoms with E-state index in [1.54, 1.807) is 23.2 Å². The summed E-state index contributed by atoms with van der Waals surface area (Å²) in [7, 11) is -3.91. The number of carbonyl (C=O) groups excluding carboxylic acids is 2. The molecule has 2 fully saturated rings. The van der Waals surface area contributed by atoms with Gasteiger partial charge in [-0.25, -0.2) is 13.2 Å². The number of amides is 2. The Hall–Kier alpha value is -3.35. The fourth-order valence-electron chi connectivity index (χ4n) is 4.96. The summed E-state index contributed by atoms with van der Waals surface area (Å²) in [5.74, 6) is -2.09. The van der Waals surface area contributed by atoms with E-state index >= 15 is 0 Å². The van der Waals surface area contributed by atoms with Crippen molar-refractivity contribution in [2.45, 2.75) is 56.1 Å². The van der Waals surface area contributed by atoms with Gasteiger partial charge in [0.2, 0.25) is 21.8 Å². The summed E-state index contributed by atoms with van der Waals surface area (Å²) >= 11 is 0. The van der Waals surface area contributed by atoms with Crippen LogP contribution in [0.5, 0.6) is 0 Å². The summed E-state index contributed by atoms with van der Waals surface area (Å²) in [6, 6.07) is 9.85. The number of aryl methyl sites for hydroxylation is 1. The molecule has 0 bridgehead atoms. The largest absolute Gasteiger partial charge is 0.480 e. The molecule has 39 heavy (non-hydrogen) atoms. The number of aliphatic carboxylic acids is 1. The summed E-state index contributed by atoms with van der Waals surface area (Å²) in [5, 5.41) is 12.2. The summed E-state index contributed by atoms with van der Waals surface area (Å²) in [4.78, 5) is 46.1. The van der Waals surface area contributed by atoms with Gasteiger partial charge in [0.05, 0.1) is 10.6 Å². The van der Waals surface area contributed by atoms with E-state index in [0.29, 0.717) is 45.6 Å². The third-order valence-corrected chi connectivity index (χ3v) is 9.15. The lowest BCUT2D eigenvalue weighted by atomic mass is 10.1. The van der Waals surface area contributed by atoms with Gasteiger partial charge in [-0.3, -0.25) is 19.5 Å². The van der Waals surface area contributed by atoms with Crippen LogP contribution in [-0.4, -0.2) is 95.2 Å². The molecule has 210 valence electrons. The van der Waals surface area contributed by atoms with Crippen molar-refractivity contribution in [2.75, 3.05) is 32.7 Å². The highest BCUT2D eigenvalue weighted by molar-refractivity contribution is 7.89. The van der Waals surface area contributed by atoms with Gasteiger partial charge in [0.15, 0.2) is 0 Å². The molecule has 0 unspecified atom stereocenters. The van der Waals surface area contributed by atoms with Crippen molar-refractivity contribution < 1.29 is 27.9 Å². The summed E-state index contributed by atoms with van der Waals surface area (Å²) in [6.45, 7) is 5.17. The highest BCUT2D eigenvalue weighted by Crippen LogP contribution is 2.26. The van der Waals surface area contributed by atoms with E-state index in [-0.39, 0.29) is 30.2 Å². The van der Waals surface area contributed by atoms with Crippen LogP contribution >= 0.6 is 0 Å². The zero-order valence-electron chi connectivity index (χ0n) is 22.0. The van der Waals surface area contributed by atoms with E-state index in [1.165, 1.54) is 12.1 Å². The predicted octanol–water partition coefficient (Wildman–Crippen LogP) is 1.24. The fraction of sp³-hybridized carbons (Fsp3) is 0.481. The minimum absolute atomic E-state index is 0.0342. The number of carboxylic acids is 1. The van der Waals surface area contributed by atoms with E-state index in [1.807, 2.05) is 25.1 Å². The average Bonchev–Trinajstić information content (AvgIpc) is 3.43. The van der Waals surface area contributed by atoms with Gasteiger partial charge in [-0.15, -0.1) is 0 Å². The minimum atomic E-state index is -3.91. The zero-order valence-corrected chi connectivity index (χ0v) is 22.8. The maximum Gasteiger partial charge on any atom is 0.326 e. The molecule has 0 saturated carbocycles. The highest BCUT2D eigenvalue weighted by atomic mass is 32.2. The first-order valence-corrected chi connectivity index (χ1v) is 14.6. The molecule has 3 heterocycles. The number of nitrogens with one attached hydrogen (secondary N) is 1. The molecule has 0 spiro atoms. The third kappa shape index (κ3) is 7.20. The summed E-state index contributed by atoms with van der Waals surface area (Å²) < 4.78 is 27.5. The lowest BCUT2D eigenvalue weighted by molar-refractivity contribution is -0.143. The SMILES string of the molecule is Cc1ccc(S(=O)(=O)N2CCC[C@H]2C(=O)N[C@@H](CCC(=O)N2CCN(Cc3ccccn3)CC2)C(=O)O)cc1. The number of sulfonamides is 1. The molecule has 1 aromatic carbocycles. The van der Waals surface area contributed by atoms with Crippen molar-refractivity contribution in [1.82, 2.24) is 24.4 Å². The Labute approximate surface area is 228 Å². The second kappa shape index (κ2) is 12.7. The Balaban J connectivity index is 1.29. The molecular formula is C27H35N5O6S. The Kier molecular flexibility index (Phi) is 9.31. The fourth-order valence-corrected chi connectivity index (χ4v) is 6.62. The lowest BCUT2D eigenvalue weighted by Gasteiger charge is -2.34. The van der Waals surface area contributed by atoms with Gasteiger partial charge in [-0.2, -0.15) is 4.31 Å². The molecule has 2 aliphatic heterocycles. The van der Waals surface area contributed by atoms with Crippen LogP contribution in [0.15, 0.2) is 53.6 Å². The first-order chi connectivity index (χ1) is 18.6. The number of carbonyl (C=O) groups is 3. The molecule has 2 N–H and O–H groups in total. The molecule has 2 amide bonds. The van der Waals surface area contributed by atoms with Crippen LogP contribution in [0.25, 0.3) is 0 Å². The lowest BCUT2D eigenvalue weighted by Crippen LogP contribution is -2.51. The van der Waals surface area contributed by atoms with Crippen molar-refractivity contribution in [3.05, 3.63) is 59.9 Å². The van der Waals surface area contributed by atoms with Gasteiger partial charge in [-0.05, 0) is 50.5 Å². The van der Waals surface area contributed by atoms with Gasteiger partial charge < -0.3 is 15.3 Å². The monoisotopic (exact) mass is 557 g/mol. The molecule has 4 rings (SSSR count). The predicted molar refractivity (Wildman–Crippen MR) is 143 cm³/mol. The van der Waals surface area contributed by atoms with E-state index in [0.717, 1.165) is 15.6 Å². The van der Waals surface area contributed by atoms with Crippen molar-refractivity contribution in [3.63, 3.8) is 0 Å². The Bertz CT molecular complexity index is 1260. The molecule has 11 nitrogen and oxygen atoms in total. The minimum Gasteiger partial charge on any atom is -0.480 e. The first kappa shape index (κ1) is 28.7. The van der Waals surface area contributed by atoms with Crippen LogP contribution in [0.4, 0.5) is 0 Å². The van der Waals surface area contributed by atoms with E-state index in [2.05, 4.69) is 15.2 Å². The molecule has 12 heteroatoms. The van der Waals surface area contributed by atoms with Crippen molar-refractivity contribution in [3.8, 4) is 0 Å². The number of hydrogen-bond donors (Lipinski definition) is 2. The number of benzene rings is 1. The molecule has 1 aromatic heterocycles. The van der Waals surface area contributed by atoms with Crippen LogP contribution < -0.4 is 5.32 Å². The number of piperazine rings is 1. The number of nitrogens with zero attached hydrogens (tertiary/aromatic N) is 4. The van der Waals surface area contributed by atoms with E-state index < -0.39 is 34.0 Å². The van der Waals surface area contributed by atoms with Crippen molar-refractivity contribution in [1.29, 1.82) is 0 Å². The topological polar surface area (TPSA) is 140 Å². The van der Waals surface area contributed by atoms with Crippen LogP contribution in [0.3, 0.4) is 0 Å². The number of pyridine rings is 1. The Morgan fingerprint density at radius 2 is 1.77 bits per heavy atom. The van der Waals surface area contributed by atoms with Crippen LogP contribution in [0.1, 0.15) is 36.9 Å². The van der Waals surface area contributed by atoms with Gasteiger partial charge in [0.25, 0.3) is 0 Å². The number of carboxylic acid groups (broad SMARTS) is 1. The molecule has 0 radical (unpaired) electrons.